The number of aromatic hydroxyl groups is 1. The van der Waals surface area contributed by atoms with Gasteiger partial charge in [0.05, 0.1) is 23.6 Å². The lowest BCUT2D eigenvalue weighted by atomic mass is 9.85. The Bertz CT molecular complexity index is 1210. The Hall–Kier alpha value is -3.61. The summed E-state index contributed by atoms with van der Waals surface area (Å²) in [4.78, 5) is 14.6. The summed E-state index contributed by atoms with van der Waals surface area (Å²) < 4.78 is 5.22. The van der Waals surface area contributed by atoms with Gasteiger partial charge in [-0.3, -0.25) is 0 Å². The maximum atomic E-state index is 12.3. The number of rotatable bonds is 6. The van der Waals surface area contributed by atoms with Crippen molar-refractivity contribution in [2.45, 2.75) is 44.4 Å². The number of piperidine rings is 1. The van der Waals surface area contributed by atoms with Crippen LogP contribution in [0, 0.1) is 0 Å². The third-order valence-corrected chi connectivity index (χ3v) is 6.80. The molecule has 1 aliphatic carbocycles. The van der Waals surface area contributed by atoms with E-state index in [0.717, 1.165) is 31.6 Å². The van der Waals surface area contributed by atoms with Crippen molar-refractivity contribution in [3.05, 3.63) is 65.2 Å². The van der Waals surface area contributed by atoms with Gasteiger partial charge in [-0.25, -0.2) is 4.79 Å². The highest BCUT2D eigenvalue weighted by atomic mass is 16.5. The number of carbonyl (C=O) groups is 1. The van der Waals surface area contributed by atoms with E-state index in [0.29, 0.717) is 41.1 Å². The van der Waals surface area contributed by atoms with Gasteiger partial charge in [0.15, 0.2) is 5.82 Å². The molecule has 3 aromatic rings. The van der Waals surface area contributed by atoms with Gasteiger partial charge in [0.2, 0.25) is 0 Å². The first-order chi connectivity index (χ1) is 16.5. The zero-order valence-electron chi connectivity index (χ0n) is 19.4. The lowest BCUT2D eigenvalue weighted by molar-refractivity contribution is 0.0526. The molecule has 2 aliphatic rings. The number of aromatic nitrogens is 2. The van der Waals surface area contributed by atoms with Crippen LogP contribution in [0.5, 0.6) is 5.75 Å². The first-order valence-corrected chi connectivity index (χ1v) is 12.0. The molecule has 2 aromatic carbocycles. The number of benzene rings is 2. The van der Waals surface area contributed by atoms with Gasteiger partial charge in [-0.15, -0.1) is 10.2 Å². The second-order valence-electron chi connectivity index (χ2n) is 9.14. The van der Waals surface area contributed by atoms with E-state index in [1.54, 1.807) is 12.1 Å². The molecule has 0 unspecified atom stereocenters. The van der Waals surface area contributed by atoms with Crippen LogP contribution in [-0.4, -0.2) is 41.0 Å². The minimum absolute atomic E-state index is 0.166. The van der Waals surface area contributed by atoms with E-state index < -0.39 is 0 Å². The second-order valence-corrected chi connectivity index (χ2v) is 9.14. The predicted octanol–water partition coefficient (Wildman–Crippen LogP) is 4.87. The van der Waals surface area contributed by atoms with Crippen LogP contribution in [0.4, 0.5) is 11.5 Å². The molecule has 7 nitrogen and oxygen atoms in total. The summed E-state index contributed by atoms with van der Waals surface area (Å²) in [6.07, 6.45) is 4.45. The molecule has 0 spiro atoms. The molecule has 2 fully saturated rings. The molecule has 1 saturated heterocycles. The largest absolute Gasteiger partial charge is 0.507 e. The van der Waals surface area contributed by atoms with E-state index in [1.165, 1.54) is 24.0 Å². The number of phenolic OH excluding ortho intramolecular Hbond substituents is 1. The lowest BCUT2D eigenvalue weighted by Gasteiger charge is -2.36. The first-order valence-electron chi connectivity index (χ1n) is 12.0. The average molecular weight is 459 g/mol. The first kappa shape index (κ1) is 22.2. The quantitative estimate of drug-likeness (QED) is 0.508. The lowest BCUT2D eigenvalue weighted by Crippen LogP contribution is -2.35. The number of nitrogen functional groups attached to an aromatic ring is 1. The van der Waals surface area contributed by atoms with Crippen molar-refractivity contribution in [2.24, 2.45) is 0 Å². The van der Waals surface area contributed by atoms with Crippen molar-refractivity contribution in [1.82, 2.24) is 10.2 Å². The Morgan fingerprint density at radius 1 is 1.09 bits per heavy atom. The highest BCUT2D eigenvalue weighted by Gasteiger charge is 2.32. The molecule has 3 N–H and O–H groups in total. The maximum Gasteiger partial charge on any atom is 0.338 e. The minimum atomic E-state index is -0.256. The van der Waals surface area contributed by atoms with Crippen molar-refractivity contribution in [3.63, 3.8) is 0 Å². The highest BCUT2D eigenvalue weighted by molar-refractivity contribution is 5.89. The Balaban J connectivity index is 1.43. The summed E-state index contributed by atoms with van der Waals surface area (Å²) in [6, 6.07) is 15.1. The number of carbonyl (C=O) groups excluding carboxylic acids is 1. The fraction of sp³-hybridized carbons (Fsp3) is 0.370. The van der Waals surface area contributed by atoms with Crippen LogP contribution in [0.25, 0.3) is 11.3 Å². The molecule has 176 valence electrons. The molecule has 0 amide bonds. The number of nitrogens with two attached hydrogens (primary N) is 1. The van der Waals surface area contributed by atoms with Gasteiger partial charge in [-0.2, -0.15) is 0 Å². The fourth-order valence-electron chi connectivity index (χ4n) is 4.95. The Morgan fingerprint density at radius 3 is 2.68 bits per heavy atom. The summed E-state index contributed by atoms with van der Waals surface area (Å²) >= 11 is 0. The van der Waals surface area contributed by atoms with Crippen LogP contribution >= 0.6 is 0 Å². The van der Waals surface area contributed by atoms with Crippen LogP contribution in [0.15, 0.2) is 48.5 Å². The molecule has 1 atom stereocenters. The van der Waals surface area contributed by atoms with Gasteiger partial charge in [0.1, 0.15) is 5.75 Å². The zero-order chi connectivity index (χ0) is 23.7. The molecule has 1 aliphatic heterocycles. The van der Waals surface area contributed by atoms with Gasteiger partial charge in [-0.05, 0) is 80.0 Å². The Labute approximate surface area is 199 Å². The van der Waals surface area contributed by atoms with E-state index in [1.807, 2.05) is 37.3 Å². The molecule has 1 saturated carbocycles. The highest BCUT2D eigenvalue weighted by Crippen LogP contribution is 2.45. The number of esters is 1. The molecule has 7 heteroatoms. The van der Waals surface area contributed by atoms with Crippen molar-refractivity contribution in [1.29, 1.82) is 0 Å². The normalized spacial score (nSPS) is 18.0. The van der Waals surface area contributed by atoms with E-state index in [9.17, 15) is 9.90 Å². The molecule has 34 heavy (non-hydrogen) atoms. The summed E-state index contributed by atoms with van der Waals surface area (Å²) in [6.45, 7) is 3.90. The number of para-hydroxylation sites is 1. The van der Waals surface area contributed by atoms with Crippen molar-refractivity contribution < 1.29 is 14.6 Å². The van der Waals surface area contributed by atoms with E-state index in [-0.39, 0.29) is 11.7 Å². The van der Waals surface area contributed by atoms with Gasteiger partial charge >= 0.3 is 5.97 Å². The Kier molecular flexibility index (Phi) is 6.09. The molecule has 1 aromatic heterocycles. The third kappa shape index (κ3) is 4.42. The van der Waals surface area contributed by atoms with Crippen LogP contribution in [0.3, 0.4) is 0 Å². The number of ether oxygens (including phenoxy) is 1. The topological polar surface area (TPSA) is 102 Å². The summed E-state index contributed by atoms with van der Waals surface area (Å²) in [5.41, 5.74) is 11.6. The van der Waals surface area contributed by atoms with Crippen molar-refractivity contribution in [2.75, 3.05) is 30.3 Å². The standard InChI is InChI=1S/C27H30N4O3/c1-2-34-27(33)18-11-12-20(22(14-18)17-9-10-17)19-6-5-13-31(16-19)24-15-23(29-30-26(24)28)21-7-3-4-8-25(21)32/h3-4,7-8,11-12,14-15,17,19,32H,2,5-6,9-10,13,16H2,1H3,(H2,28,30)/t19-/m0/s1. The minimum Gasteiger partial charge on any atom is -0.507 e. The van der Waals surface area contributed by atoms with Gasteiger partial charge < -0.3 is 20.5 Å². The van der Waals surface area contributed by atoms with Crippen LogP contribution < -0.4 is 10.6 Å². The van der Waals surface area contributed by atoms with Crippen LogP contribution in [0.2, 0.25) is 0 Å². The summed E-state index contributed by atoms with van der Waals surface area (Å²) in [5, 5.41) is 18.7. The van der Waals surface area contributed by atoms with Gasteiger partial charge in [0, 0.05) is 24.6 Å². The number of phenols is 1. The van der Waals surface area contributed by atoms with E-state index >= 15 is 0 Å². The second kappa shape index (κ2) is 9.33. The van der Waals surface area contributed by atoms with E-state index in [2.05, 4.69) is 21.2 Å². The third-order valence-electron chi connectivity index (χ3n) is 6.80. The summed E-state index contributed by atoms with van der Waals surface area (Å²) in [5.74, 6) is 1.16. The predicted molar refractivity (Wildman–Crippen MR) is 132 cm³/mol. The number of hydrogen-bond acceptors (Lipinski definition) is 7. The molecule has 2 heterocycles. The van der Waals surface area contributed by atoms with E-state index in [4.69, 9.17) is 10.5 Å². The van der Waals surface area contributed by atoms with Gasteiger partial charge in [0.25, 0.3) is 0 Å². The van der Waals surface area contributed by atoms with Crippen molar-refractivity contribution in [3.8, 4) is 17.0 Å². The number of anilines is 2. The number of hydrogen-bond donors (Lipinski definition) is 2. The summed E-state index contributed by atoms with van der Waals surface area (Å²) in [7, 11) is 0. The fourth-order valence-corrected chi connectivity index (χ4v) is 4.95. The molecular weight excluding hydrogens is 428 g/mol. The average Bonchev–Trinajstić information content (AvgIpc) is 3.70. The molecular formula is C27H30N4O3. The molecule has 5 rings (SSSR count). The maximum absolute atomic E-state index is 12.3. The molecule has 0 radical (unpaired) electrons. The van der Waals surface area contributed by atoms with Crippen LogP contribution in [-0.2, 0) is 4.74 Å². The van der Waals surface area contributed by atoms with Gasteiger partial charge in [-0.1, -0.05) is 18.2 Å². The SMILES string of the molecule is CCOC(=O)c1ccc([C@H]2CCCN(c3cc(-c4ccccc4O)nnc3N)C2)c(C2CC2)c1. The zero-order valence-corrected chi connectivity index (χ0v) is 19.4. The Morgan fingerprint density at radius 2 is 1.91 bits per heavy atom. The molecule has 0 bridgehead atoms. The number of nitrogens with zero attached hydrogens (tertiary/aromatic N) is 3. The van der Waals surface area contributed by atoms with Crippen LogP contribution in [0.1, 0.15) is 65.9 Å². The smallest absolute Gasteiger partial charge is 0.338 e. The monoisotopic (exact) mass is 458 g/mol. The van der Waals surface area contributed by atoms with Crippen molar-refractivity contribution >= 4 is 17.5 Å².